The van der Waals surface area contributed by atoms with Gasteiger partial charge in [0, 0.05) is 12.5 Å². The van der Waals surface area contributed by atoms with E-state index in [1.54, 1.807) is 7.11 Å². The molecule has 6 heteroatoms. The largest absolute Gasteiger partial charge is 0.496 e. The van der Waals surface area contributed by atoms with Crippen LogP contribution in [-0.2, 0) is 9.53 Å². The summed E-state index contributed by atoms with van der Waals surface area (Å²) in [4.78, 5) is 25.0. The summed E-state index contributed by atoms with van der Waals surface area (Å²) in [5.41, 5.74) is 0.186. The Kier molecular flexibility index (Phi) is 5.87. The van der Waals surface area contributed by atoms with Crippen LogP contribution in [-0.4, -0.2) is 36.8 Å². The van der Waals surface area contributed by atoms with Crippen molar-refractivity contribution in [1.29, 1.82) is 0 Å². The average molecular weight is 389 g/mol. The molecule has 0 saturated heterocycles. The van der Waals surface area contributed by atoms with Gasteiger partial charge >= 0.3 is 6.09 Å². The van der Waals surface area contributed by atoms with E-state index in [0.29, 0.717) is 6.54 Å². The number of amides is 2. The Morgan fingerprint density at radius 2 is 1.86 bits per heavy atom. The minimum Gasteiger partial charge on any atom is -0.496 e. The van der Waals surface area contributed by atoms with Crippen molar-refractivity contribution in [2.75, 3.05) is 13.7 Å². The molecule has 2 atom stereocenters. The highest BCUT2D eigenvalue weighted by Crippen LogP contribution is 2.50. The first-order valence-electron chi connectivity index (χ1n) is 10.1. The van der Waals surface area contributed by atoms with Crippen molar-refractivity contribution in [3.8, 4) is 5.75 Å². The molecule has 2 aliphatic rings. The van der Waals surface area contributed by atoms with Crippen LogP contribution in [0.2, 0.25) is 0 Å². The molecule has 2 unspecified atom stereocenters. The Labute approximate surface area is 167 Å². The Bertz CT molecular complexity index is 719. The number of hydrogen-bond acceptors (Lipinski definition) is 4. The maximum absolute atomic E-state index is 12.9. The fourth-order valence-corrected chi connectivity index (χ4v) is 4.11. The lowest BCUT2D eigenvalue weighted by Gasteiger charge is -2.31. The molecule has 0 aromatic heterocycles. The van der Waals surface area contributed by atoms with Gasteiger partial charge in [-0.1, -0.05) is 31.0 Å². The van der Waals surface area contributed by atoms with Crippen LogP contribution in [0.3, 0.4) is 0 Å². The fraction of sp³-hybridized carbons (Fsp3) is 0.636. The second kappa shape index (κ2) is 8.02. The second-order valence-corrected chi connectivity index (χ2v) is 9.02. The lowest BCUT2D eigenvalue weighted by atomic mass is 9.96. The minimum atomic E-state index is -0.536. The van der Waals surface area contributed by atoms with Crippen molar-refractivity contribution in [2.24, 2.45) is 5.92 Å². The monoisotopic (exact) mass is 388 g/mol. The van der Waals surface area contributed by atoms with Crippen LogP contribution in [0.15, 0.2) is 24.3 Å². The lowest BCUT2D eigenvalue weighted by molar-refractivity contribution is -0.124. The second-order valence-electron chi connectivity index (χ2n) is 9.02. The molecular formula is C22H32N2O4. The Morgan fingerprint density at radius 1 is 1.18 bits per heavy atom. The molecular weight excluding hydrogens is 356 g/mol. The Balaban J connectivity index is 1.59. The number of methoxy groups -OCH3 is 1. The normalized spacial score (nSPS) is 23.0. The van der Waals surface area contributed by atoms with E-state index in [-0.39, 0.29) is 23.3 Å². The molecule has 0 aliphatic heterocycles. The van der Waals surface area contributed by atoms with E-state index in [2.05, 4.69) is 10.6 Å². The van der Waals surface area contributed by atoms with E-state index < -0.39 is 11.7 Å². The molecule has 1 aromatic carbocycles. The summed E-state index contributed by atoms with van der Waals surface area (Å²) < 4.78 is 10.8. The van der Waals surface area contributed by atoms with E-state index in [9.17, 15) is 9.59 Å². The Hall–Kier alpha value is -2.24. The molecule has 6 nitrogen and oxygen atoms in total. The van der Waals surface area contributed by atoms with Crippen LogP contribution < -0.4 is 15.4 Å². The van der Waals surface area contributed by atoms with Gasteiger partial charge in [0.2, 0.25) is 5.91 Å². The summed E-state index contributed by atoms with van der Waals surface area (Å²) >= 11 is 0. The fourth-order valence-electron chi connectivity index (χ4n) is 4.11. The highest BCUT2D eigenvalue weighted by molar-refractivity contribution is 5.84. The SMILES string of the molecule is COc1ccccc1C1CC1C(=O)NC1(CNC(=O)OC(C)(C)C)CCCC1. The number of benzene rings is 1. The van der Waals surface area contributed by atoms with Crippen LogP contribution >= 0.6 is 0 Å². The summed E-state index contributed by atoms with van der Waals surface area (Å²) in [6.45, 7) is 5.92. The van der Waals surface area contributed by atoms with Crippen molar-refractivity contribution in [2.45, 2.75) is 69.9 Å². The molecule has 2 saturated carbocycles. The number of hydrogen-bond donors (Lipinski definition) is 2. The molecule has 0 spiro atoms. The van der Waals surface area contributed by atoms with Gasteiger partial charge in [0.1, 0.15) is 11.4 Å². The third kappa shape index (κ3) is 4.97. The minimum absolute atomic E-state index is 0.0321. The highest BCUT2D eigenvalue weighted by Gasteiger charge is 2.48. The third-order valence-corrected chi connectivity index (χ3v) is 5.58. The summed E-state index contributed by atoms with van der Waals surface area (Å²) in [6, 6.07) is 7.89. The molecule has 2 amide bonds. The molecule has 1 aromatic rings. The summed E-state index contributed by atoms with van der Waals surface area (Å²) in [5, 5.41) is 6.11. The molecule has 154 valence electrons. The summed E-state index contributed by atoms with van der Waals surface area (Å²) in [5.74, 6) is 1.08. The van der Waals surface area contributed by atoms with Gasteiger partial charge in [-0.2, -0.15) is 0 Å². The Morgan fingerprint density at radius 3 is 2.50 bits per heavy atom. The standard InChI is InChI=1S/C22H32N2O4/c1-21(2,3)28-20(26)23-14-22(11-7-8-12-22)24-19(25)17-13-16(17)15-9-5-6-10-18(15)27-4/h5-6,9-10,16-17H,7-8,11-14H2,1-4H3,(H,23,26)(H,24,25). The molecule has 0 radical (unpaired) electrons. The number of carbonyl (C=O) groups is 2. The number of ether oxygens (including phenoxy) is 2. The smallest absolute Gasteiger partial charge is 0.407 e. The van der Waals surface area contributed by atoms with Crippen LogP contribution in [0.1, 0.15) is 64.4 Å². The molecule has 0 bridgehead atoms. The molecule has 0 heterocycles. The maximum atomic E-state index is 12.9. The number of carbonyl (C=O) groups excluding carboxylic acids is 2. The van der Waals surface area contributed by atoms with Gasteiger partial charge in [-0.05, 0) is 57.6 Å². The number of para-hydroxylation sites is 1. The quantitative estimate of drug-likeness (QED) is 0.778. The van der Waals surface area contributed by atoms with E-state index in [4.69, 9.17) is 9.47 Å². The topological polar surface area (TPSA) is 76.7 Å². The van der Waals surface area contributed by atoms with E-state index in [1.165, 1.54) is 0 Å². The first kappa shape index (κ1) is 20.5. The van der Waals surface area contributed by atoms with Crippen LogP contribution in [0, 0.1) is 5.92 Å². The van der Waals surface area contributed by atoms with Crippen molar-refractivity contribution in [1.82, 2.24) is 10.6 Å². The summed E-state index contributed by atoms with van der Waals surface area (Å²) in [6.07, 6.45) is 4.25. The lowest BCUT2D eigenvalue weighted by Crippen LogP contribution is -2.54. The van der Waals surface area contributed by atoms with Crippen molar-refractivity contribution >= 4 is 12.0 Å². The molecule has 2 N–H and O–H groups in total. The third-order valence-electron chi connectivity index (χ3n) is 5.58. The molecule has 2 aliphatic carbocycles. The van der Waals surface area contributed by atoms with Crippen molar-refractivity contribution in [3.05, 3.63) is 29.8 Å². The molecule has 2 fully saturated rings. The zero-order chi connectivity index (χ0) is 20.4. The van der Waals surface area contributed by atoms with Crippen molar-refractivity contribution in [3.63, 3.8) is 0 Å². The average Bonchev–Trinajstić information content (AvgIpc) is 3.31. The highest BCUT2D eigenvalue weighted by atomic mass is 16.6. The zero-order valence-electron chi connectivity index (χ0n) is 17.3. The van der Waals surface area contributed by atoms with Crippen LogP contribution in [0.5, 0.6) is 5.75 Å². The maximum Gasteiger partial charge on any atom is 0.407 e. The van der Waals surface area contributed by atoms with Gasteiger partial charge in [-0.15, -0.1) is 0 Å². The van der Waals surface area contributed by atoms with Gasteiger partial charge in [-0.25, -0.2) is 4.79 Å². The van der Waals surface area contributed by atoms with Crippen LogP contribution in [0.25, 0.3) is 0 Å². The zero-order valence-corrected chi connectivity index (χ0v) is 17.3. The predicted octanol–water partition coefficient (Wildman–Crippen LogP) is 3.75. The predicted molar refractivity (Wildman–Crippen MR) is 107 cm³/mol. The van der Waals surface area contributed by atoms with E-state index in [0.717, 1.165) is 43.4 Å². The first-order valence-corrected chi connectivity index (χ1v) is 10.1. The first-order chi connectivity index (χ1) is 13.2. The number of rotatable bonds is 6. The van der Waals surface area contributed by atoms with Crippen LogP contribution in [0.4, 0.5) is 4.79 Å². The summed E-state index contributed by atoms with van der Waals surface area (Å²) in [7, 11) is 1.66. The van der Waals surface area contributed by atoms with Gasteiger partial charge < -0.3 is 20.1 Å². The molecule has 28 heavy (non-hydrogen) atoms. The van der Waals surface area contributed by atoms with Gasteiger partial charge in [0.05, 0.1) is 12.6 Å². The van der Waals surface area contributed by atoms with Gasteiger partial charge in [-0.3, -0.25) is 4.79 Å². The molecule has 3 rings (SSSR count). The number of alkyl carbamates (subject to hydrolysis) is 1. The van der Waals surface area contributed by atoms with Crippen molar-refractivity contribution < 1.29 is 19.1 Å². The van der Waals surface area contributed by atoms with Gasteiger partial charge in [0.25, 0.3) is 0 Å². The van der Waals surface area contributed by atoms with Gasteiger partial charge in [0.15, 0.2) is 0 Å². The van der Waals surface area contributed by atoms with E-state index in [1.807, 2.05) is 45.0 Å². The number of nitrogens with one attached hydrogen (secondary N) is 2. The van der Waals surface area contributed by atoms with E-state index >= 15 is 0 Å².